The van der Waals surface area contributed by atoms with E-state index in [1.807, 2.05) is 12.1 Å². The second-order valence-corrected chi connectivity index (χ2v) is 4.68. The second-order valence-electron chi connectivity index (χ2n) is 3.41. The largest absolute Gasteiger partial charge is 0.288 e. The van der Waals surface area contributed by atoms with Crippen LogP contribution in [0.4, 0.5) is 0 Å². The Kier molecular flexibility index (Phi) is 3.87. The second kappa shape index (κ2) is 5.58. The zero-order chi connectivity index (χ0) is 12.1. The van der Waals surface area contributed by atoms with Crippen LogP contribution in [0.1, 0.15) is 6.92 Å². The van der Waals surface area contributed by atoms with E-state index in [1.54, 1.807) is 30.3 Å². The molecule has 6 heteroatoms. The fourth-order valence-corrected chi connectivity index (χ4v) is 1.88. The maximum atomic E-state index is 10.8. The summed E-state index contributed by atoms with van der Waals surface area (Å²) in [7, 11) is 0. The lowest BCUT2D eigenvalue weighted by atomic mass is 10.3. The number of nitrogens with zero attached hydrogens (tertiary/aromatic N) is 4. The highest BCUT2D eigenvalue weighted by Crippen LogP contribution is 2.11. The Morgan fingerprint density at radius 3 is 3.12 bits per heavy atom. The first kappa shape index (κ1) is 11.8. The minimum Gasteiger partial charge on any atom is -0.288 e. The van der Waals surface area contributed by atoms with Crippen LogP contribution in [0, 0.1) is 0 Å². The van der Waals surface area contributed by atoms with Crippen molar-refractivity contribution in [1.29, 1.82) is 0 Å². The Morgan fingerprint density at radius 1 is 1.53 bits per heavy atom. The summed E-state index contributed by atoms with van der Waals surface area (Å²) in [6.45, 7) is 2.24. The van der Waals surface area contributed by atoms with Crippen molar-refractivity contribution in [3.05, 3.63) is 30.9 Å². The van der Waals surface area contributed by atoms with Crippen LogP contribution < -0.4 is 0 Å². The molecule has 0 aliphatic heterocycles. The van der Waals surface area contributed by atoms with E-state index >= 15 is 0 Å². The van der Waals surface area contributed by atoms with Crippen LogP contribution in [0.25, 0.3) is 11.4 Å². The normalized spacial score (nSPS) is 10.4. The van der Waals surface area contributed by atoms with E-state index in [1.165, 1.54) is 11.8 Å². The third kappa shape index (κ3) is 3.39. The monoisotopic (exact) mass is 248 g/mol. The van der Waals surface area contributed by atoms with Gasteiger partial charge in [0.05, 0.1) is 6.54 Å². The maximum Gasteiger partial charge on any atom is 0.185 e. The van der Waals surface area contributed by atoms with Gasteiger partial charge in [0.15, 0.2) is 10.9 Å². The number of hydrogen-bond acceptors (Lipinski definition) is 5. The third-order valence-electron chi connectivity index (χ3n) is 2.08. The van der Waals surface area contributed by atoms with Crippen molar-refractivity contribution >= 4 is 16.9 Å². The number of hydrogen-bond donors (Lipinski definition) is 0. The number of carbonyl (C=O) groups is 1. The van der Waals surface area contributed by atoms with Gasteiger partial charge in [-0.2, -0.15) is 5.10 Å². The Bertz CT molecular complexity index is 497. The zero-order valence-electron chi connectivity index (χ0n) is 9.41. The fourth-order valence-electron chi connectivity index (χ4n) is 1.31. The van der Waals surface area contributed by atoms with Crippen LogP contribution in [0.15, 0.2) is 30.9 Å². The summed E-state index contributed by atoms with van der Waals surface area (Å²) in [4.78, 5) is 19.0. The Labute approximate surface area is 103 Å². The molecule has 0 amide bonds. The Balaban J connectivity index is 1.99. The van der Waals surface area contributed by atoms with Crippen molar-refractivity contribution in [2.24, 2.45) is 0 Å². The molecule has 0 aliphatic rings. The zero-order valence-corrected chi connectivity index (χ0v) is 10.2. The SMILES string of the molecule is CC(=O)SCCn1cnc(-c2cccnc2)n1. The molecule has 0 unspecified atom stereocenters. The molecule has 0 atom stereocenters. The molecule has 0 radical (unpaired) electrons. The highest BCUT2D eigenvalue weighted by atomic mass is 32.2. The van der Waals surface area contributed by atoms with Crippen LogP contribution in [-0.4, -0.2) is 30.6 Å². The predicted molar refractivity (Wildman–Crippen MR) is 66.4 cm³/mol. The van der Waals surface area contributed by atoms with E-state index in [0.717, 1.165) is 5.56 Å². The van der Waals surface area contributed by atoms with Crippen molar-refractivity contribution < 1.29 is 4.79 Å². The van der Waals surface area contributed by atoms with E-state index in [2.05, 4.69) is 15.1 Å². The molecule has 0 bridgehead atoms. The van der Waals surface area contributed by atoms with Gasteiger partial charge in [-0.25, -0.2) is 4.98 Å². The smallest absolute Gasteiger partial charge is 0.185 e. The summed E-state index contributed by atoms with van der Waals surface area (Å²) < 4.78 is 1.73. The lowest BCUT2D eigenvalue weighted by Gasteiger charge is -1.97. The summed E-state index contributed by atoms with van der Waals surface area (Å²) in [6, 6.07) is 3.76. The maximum absolute atomic E-state index is 10.8. The molecule has 2 heterocycles. The first-order chi connectivity index (χ1) is 8.25. The van der Waals surface area contributed by atoms with E-state index in [4.69, 9.17) is 0 Å². The van der Waals surface area contributed by atoms with E-state index in [9.17, 15) is 4.79 Å². The number of thioether (sulfide) groups is 1. The molecule has 5 nitrogen and oxygen atoms in total. The van der Waals surface area contributed by atoms with Crippen LogP contribution >= 0.6 is 11.8 Å². The lowest BCUT2D eigenvalue weighted by molar-refractivity contribution is -0.109. The van der Waals surface area contributed by atoms with Gasteiger partial charge < -0.3 is 0 Å². The first-order valence-corrected chi connectivity index (χ1v) is 6.17. The van der Waals surface area contributed by atoms with Gasteiger partial charge in [-0.05, 0) is 12.1 Å². The van der Waals surface area contributed by atoms with E-state index < -0.39 is 0 Å². The quantitative estimate of drug-likeness (QED) is 0.822. The summed E-state index contributed by atoms with van der Waals surface area (Å²) >= 11 is 1.29. The molecule has 0 spiro atoms. The molecule has 0 fully saturated rings. The third-order valence-corrected chi connectivity index (χ3v) is 2.88. The number of aryl methyl sites for hydroxylation is 1. The number of carbonyl (C=O) groups excluding carboxylic acids is 1. The van der Waals surface area contributed by atoms with Crippen molar-refractivity contribution in [2.75, 3.05) is 5.75 Å². The summed E-state index contributed by atoms with van der Waals surface area (Å²) in [5.41, 5.74) is 0.894. The van der Waals surface area contributed by atoms with Gasteiger partial charge in [-0.1, -0.05) is 11.8 Å². The van der Waals surface area contributed by atoms with Gasteiger partial charge in [0.2, 0.25) is 0 Å². The van der Waals surface area contributed by atoms with E-state index in [-0.39, 0.29) is 5.12 Å². The molecular formula is C11H12N4OS. The van der Waals surface area contributed by atoms with Crippen molar-refractivity contribution in [1.82, 2.24) is 19.7 Å². The fraction of sp³-hybridized carbons (Fsp3) is 0.273. The van der Waals surface area contributed by atoms with Gasteiger partial charge >= 0.3 is 0 Å². The van der Waals surface area contributed by atoms with Gasteiger partial charge in [0, 0.05) is 30.6 Å². The summed E-state index contributed by atoms with van der Waals surface area (Å²) in [5.74, 6) is 1.37. The summed E-state index contributed by atoms with van der Waals surface area (Å²) in [6.07, 6.45) is 5.11. The minimum atomic E-state index is 0.123. The Morgan fingerprint density at radius 2 is 2.41 bits per heavy atom. The molecular weight excluding hydrogens is 236 g/mol. The molecule has 0 aromatic carbocycles. The molecule has 17 heavy (non-hydrogen) atoms. The molecule has 88 valence electrons. The molecule has 0 saturated heterocycles. The average Bonchev–Trinajstić information content (AvgIpc) is 2.78. The molecule has 0 aliphatic carbocycles. The molecule has 0 saturated carbocycles. The number of pyridine rings is 1. The van der Waals surface area contributed by atoms with Crippen LogP contribution in [-0.2, 0) is 11.3 Å². The van der Waals surface area contributed by atoms with Gasteiger partial charge in [0.25, 0.3) is 0 Å². The van der Waals surface area contributed by atoms with Crippen LogP contribution in [0.5, 0.6) is 0 Å². The van der Waals surface area contributed by atoms with Crippen LogP contribution in [0.3, 0.4) is 0 Å². The minimum absolute atomic E-state index is 0.123. The van der Waals surface area contributed by atoms with Gasteiger partial charge in [0.1, 0.15) is 6.33 Å². The average molecular weight is 248 g/mol. The molecule has 0 N–H and O–H groups in total. The van der Waals surface area contributed by atoms with Crippen molar-refractivity contribution in [3.63, 3.8) is 0 Å². The van der Waals surface area contributed by atoms with Crippen molar-refractivity contribution in [2.45, 2.75) is 13.5 Å². The van der Waals surface area contributed by atoms with Crippen molar-refractivity contribution in [3.8, 4) is 11.4 Å². The standard InChI is InChI=1S/C11H12N4OS/c1-9(16)17-6-5-15-8-13-11(14-15)10-3-2-4-12-7-10/h2-4,7-8H,5-6H2,1H3. The summed E-state index contributed by atoms with van der Waals surface area (Å²) in [5, 5.41) is 4.44. The van der Waals surface area contributed by atoms with Gasteiger partial charge in [-0.15, -0.1) is 0 Å². The van der Waals surface area contributed by atoms with E-state index in [0.29, 0.717) is 18.1 Å². The molecule has 2 aromatic heterocycles. The number of rotatable bonds is 4. The molecule has 2 aromatic rings. The Hall–Kier alpha value is -1.69. The van der Waals surface area contributed by atoms with Gasteiger partial charge in [-0.3, -0.25) is 14.5 Å². The lowest BCUT2D eigenvalue weighted by Crippen LogP contribution is -2.02. The number of aromatic nitrogens is 4. The van der Waals surface area contributed by atoms with Crippen LogP contribution in [0.2, 0.25) is 0 Å². The predicted octanol–water partition coefficient (Wildman–Crippen LogP) is 1.62. The molecule has 2 rings (SSSR count). The highest BCUT2D eigenvalue weighted by molar-refractivity contribution is 8.13. The highest BCUT2D eigenvalue weighted by Gasteiger charge is 2.04. The first-order valence-electron chi connectivity index (χ1n) is 5.19. The topological polar surface area (TPSA) is 60.7 Å².